The molecular formula is C23H24FN3O2. The molecule has 1 aliphatic rings. The summed E-state index contributed by atoms with van der Waals surface area (Å²) < 4.78 is 19.2. The van der Waals surface area contributed by atoms with Crippen LogP contribution in [0.5, 0.6) is 0 Å². The highest BCUT2D eigenvalue weighted by Gasteiger charge is 2.39. The fourth-order valence-corrected chi connectivity index (χ4v) is 4.11. The normalized spacial score (nSPS) is 18.0. The fraction of sp³-hybridized carbons (Fsp3) is 0.348. The third-order valence-electron chi connectivity index (χ3n) is 5.78. The summed E-state index contributed by atoms with van der Waals surface area (Å²) in [6, 6.07) is 13.9. The summed E-state index contributed by atoms with van der Waals surface area (Å²) in [6.45, 7) is 5.25. The molecule has 1 fully saturated rings. The van der Waals surface area contributed by atoms with Gasteiger partial charge in [-0.3, -0.25) is 9.69 Å². The van der Waals surface area contributed by atoms with Gasteiger partial charge in [-0.05, 0) is 50.9 Å². The molecule has 4 rings (SSSR count). The second kappa shape index (κ2) is 7.87. The molecule has 0 N–H and O–H groups in total. The van der Waals surface area contributed by atoms with E-state index in [1.54, 1.807) is 12.1 Å². The Kier molecular flexibility index (Phi) is 5.28. The van der Waals surface area contributed by atoms with Gasteiger partial charge in [0.05, 0.1) is 6.04 Å². The molecule has 1 unspecified atom stereocenters. The van der Waals surface area contributed by atoms with Gasteiger partial charge in [0.25, 0.3) is 0 Å². The van der Waals surface area contributed by atoms with E-state index in [0.29, 0.717) is 22.8 Å². The zero-order valence-electron chi connectivity index (χ0n) is 16.6. The van der Waals surface area contributed by atoms with Crippen LogP contribution < -0.4 is 0 Å². The largest absolute Gasteiger partial charge is 0.337 e. The summed E-state index contributed by atoms with van der Waals surface area (Å²) in [4.78, 5) is 18.0. The number of likely N-dealkylation sites (tertiary alicyclic amines) is 1. The monoisotopic (exact) mass is 393 g/mol. The van der Waals surface area contributed by atoms with Gasteiger partial charge in [0.1, 0.15) is 12.1 Å². The summed E-state index contributed by atoms with van der Waals surface area (Å²) in [7, 11) is 0. The van der Waals surface area contributed by atoms with Gasteiger partial charge in [-0.1, -0.05) is 48.0 Å². The first-order chi connectivity index (χ1) is 14.0. The van der Waals surface area contributed by atoms with Gasteiger partial charge in [-0.15, -0.1) is 0 Å². The van der Waals surface area contributed by atoms with Crippen molar-refractivity contribution in [2.45, 2.75) is 44.7 Å². The predicted molar refractivity (Wildman–Crippen MR) is 108 cm³/mol. The molecule has 6 heteroatoms. The molecule has 0 radical (unpaired) electrons. The zero-order valence-corrected chi connectivity index (χ0v) is 16.6. The van der Waals surface area contributed by atoms with Crippen molar-refractivity contribution in [3.8, 4) is 11.4 Å². The molecule has 29 heavy (non-hydrogen) atoms. The lowest BCUT2D eigenvalue weighted by Crippen LogP contribution is -2.46. The van der Waals surface area contributed by atoms with Crippen LogP contribution >= 0.6 is 0 Å². The van der Waals surface area contributed by atoms with Gasteiger partial charge in [0.2, 0.25) is 11.7 Å². The Hall–Kier alpha value is -2.86. The minimum atomic E-state index is -0.326. The van der Waals surface area contributed by atoms with E-state index in [1.165, 1.54) is 12.1 Å². The van der Waals surface area contributed by atoms with Crippen molar-refractivity contribution in [2.24, 2.45) is 0 Å². The van der Waals surface area contributed by atoms with Crippen molar-refractivity contribution >= 4 is 6.29 Å². The number of hydrogen-bond acceptors (Lipinski definition) is 5. The molecule has 0 saturated carbocycles. The van der Waals surface area contributed by atoms with Crippen LogP contribution in [0.1, 0.15) is 61.0 Å². The van der Waals surface area contributed by atoms with Crippen molar-refractivity contribution in [1.29, 1.82) is 0 Å². The van der Waals surface area contributed by atoms with E-state index in [0.717, 1.165) is 37.7 Å². The molecule has 5 nitrogen and oxygen atoms in total. The fourth-order valence-electron chi connectivity index (χ4n) is 4.11. The minimum absolute atomic E-state index is 0.0145. The molecule has 150 valence electrons. The molecule has 1 aliphatic heterocycles. The molecular weight excluding hydrogens is 369 g/mol. The van der Waals surface area contributed by atoms with Gasteiger partial charge in [0.15, 0.2) is 0 Å². The van der Waals surface area contributed by atoms with E-state index >= 15 is 0 Å². The standard InChI is InChI=1S/C23H24FN3O2/c1-23(2,18-11-9-16(15-28)10-12-18)27-13-4-3-8-20(27)22-25-21(26-29-22)17-6-5-7-19(24)14-17/h5-7,9-12,14-15,20H,3-4,8,13H2,1-2H3. The van der Waals surface area contributed by atoms with Crippen molar-refractivity contribution < 1.29 is 13.7 Å². The van der Waals surface area contributed by atoms with E-state index in [-0.39, 0.29) is 17.4 Å². The predicted octanol–water partition coefficient (Wildman–Crippen LogP) is 5.15. The van der Waals surface area contributed by atoms with E-state index in [4.69, 9.17) is 4.52 Å². The lowest BCUT2D eigenvalue weighted by atomic mass is 9.87. The molecule has 2 heterocycles. The van der Waals surface area contributed by atoms with Crippen LogP contribution in [0, 0.1) is 5.82 Å². The number of halogens is 1. The van der Waals surface area contributed by atoms with Crippen molar-refractivity contribution in [2.75, 3.05) is 6.54 Å². The Morgan fingerprint density at radius 1 is 1.17 bits per heavy atom. The van der Waals surface area contributed by atoms with Crippen molar-refractivity contribution in [3.63, 3.8) is 0 Å². The quantitative estimate of drug-likeness (QED) is 0.561. The van der Waals surface area contributed by atoms with Crippen LogP contribution in [-0.2, 0) is 5.54 Å². The number of hydrogen-bond donors (Lipinski definition) is 0. The smallest absolute Gasteiger partial charge is 0.244 e. The molecule has 0 aliphatic carbocycles. The maximum atomic E-state index is 13.6. The first kappa shape index (κ1) is 19.5. The Morgan fingerprint density at radius 2 is 1.97 bits per heavy atom. The molecule has 0 spiro atoms. The third-order valence-corrected chi connectivity index (χ3v) is 5.78. The number of carbonyl (C=O) groups is 1. The summed E-state index contributed by atoms with van der Waals surface area (Å²) in [5, 5.41) is 4.10. The summed E-state index contributed by atoms with van der Waals surface area (Å²) in [5.41, 5.74) is 2.11. The summed E-state index contributed by atoms with van der Waals surface area (Å²) in [5.74, 6) is 0.632. The number of piperidine rings is 1. The van der Waals surface area contributed by atoms with E-state index < -0.39 is 0 Å². The zero-order chi connectivity index (χ0) is 20.4. The van der Waals surface area contributed by atoms with Crippen LogP contribution in [0.3, 0.4) is 0 Å². The highest BCUT2D eigenvalue weighted by molar-refractivity contribution is 5.74. The topological polar surface area (TPSA) is 59.2 Å². The number of aromatic nitrogens is 2. The number of nitrogens with zero attached hydrogens (tertiary/aromatic N) is 3. The first-order valence-corrected chi connectivity index (χ1v) is 9.91. The molecule has 1 atom stereocenters. The number of benzene rings is 2. The van der Waals surface area contributed by atoms with Gasteiger partial charge in [-0.2, -0.15) is 4.98 Å². The minimum Gasteiger partial charge on any atom is -0.337 e. The first-order valence-electron chi connectivity index (χ1n) is 9.91. The average molecular weight is 393 g/mol. The average Bonchev–Trinajstić information content (AvgIpc) is 3.24. The molecule has 1 saturated heterocycles. The lowest BCUT2D eigenvalue weighted by molar-refractivity contribution is 0.0208. The Morgan fingerprint density at radius 3 is 2.69 bits per heavy atom. The van der Waals surface area contributed by atoms with Gasteiger partial charge < -0.3 is 4.52 Å². The molecule has 0 amide bonds. The second-order valence-electron chi connectivity index (χ2n) is 7.97. The van der Waals surface area contributed by atoms with E-state index in [1.807, 2.05) is 24.3 Å². The van der Waals surface area contributed by atoms with Crippen LogP contribution in [0.2, 0.25) is 0 Å². The van der Waals surface area contributed by atoms with Gasteiger partial charge >= 0.3 is 0 Å². The number of carbonyl (C=O) groups excluding carboxylic acids is 1. The van der Waals surface area contributed by atoms with Crippen LogP contribution in [0.25, 0.3) is 11.4 Å². The highest BCUT2D eigenvalue weighted by atomic mass is 19.1. The van der Waals surface area contributed by atoms with Gasteiger partial charge in [0, 0.05) is 16.7 Å². The molecule has 3 aromatic rings. The van der Waals surface area contributed by atoms with Gasteiger partial charge in [-0.25, -0.2) is 4.39 Å². The Bertz CT molecular complexity index is 997. The van der Waals surface area contributed by atoms with Crippen LogP contribution in [0.4, 0.5) is 4.39 Å². The second-order valence-corrected chi connectivity index (χ2v) is 7.97. The number of rotatable bonds is 5. The summed E-state index contributed by atoms with van der Waals surface area (Å²) in [6.07, 6.45) is 3.95. The summed E-state index contributed by atoms with van der Waals surface area (Å²) >= 11 is 0. The Labute approximate surface area is 169 Å². The maximum absolute atomic E-state index is 13.6. The van der Waals surface area contributed by atoms with Crippen LogP contribution in [-0.4, -0.2) is 27.9 Å². The maximum Gasteiger partial charge on any atom is 0.244 e. The SMILES string of the molecule is CC(C)(c1ccc(C=O)cc1)N1CCCCC1c1nc(-c2cccc(F)c2)no1. The highest BCUT2D eigenvalue weighted by Crippen LogP contribution is 2.40. The lowest BCUT2D eigenvalue weighted by Gasteiger charge is -2.45. The van der Waals surface area contributed by atoms with Crippen molar-refractivity contribution in [1.82, 2.24) is 15.0 Å². The van der Waals surface area contributed by atoms with Crippen molar-refractivity contribution in [3.05, 3.63) is 71.4 Å². The Balaban J connectivity index is 1.64. The molecule has 0 bridgehead atoms. The van der Waals surface area contributed by atoms with E-state index in [9.17, 15) is 9.18 Å². The van der Waals surface area contributed by atoms with Crippen LogP contribution in [0.15, 0.2) is 53.1 Å². The molecule has 1 aromatic heterocycles. The number of aldehydes is 1. The third kappa shape index (κ3) is 3.85. The molecule has 2 aromatic carbocycles. The van der Waals surface area contributed by atoms with E-state index in [2.05, 4.69) is 28.9 Å².